The molecule has 1 aliphatic rings. The highest BCUT2D eigenvalue weighted by atomic mass is 16.6. The Hall–Kier alpha value is -3.21. The first kappa shape index (κ1) is 23.5. The summed E-state index contributed by atoms with van der Waals surface area (Å²) in [5, 5.41) is 0. The molecule has 0 heterocycles. The van der Waals surface area contributed by atoms with Crippen molar-refractivity contribution in [1.29, 1.82) is 0 Å². The van der Waals surface area contributed by atoms with Crippen LogP contribution in [0.5, 0.6) is 0 Å². The number of hydrogen-bond acceptors (Lipinski definition) is 5. The molecule has 0 amide bonds. The number of esters is 2. The molecular weight excluding hydrogens is 404 g/mol. The number of benzene rings is 2. The second-order valence-corrected chi connectivity index (χ2v) is 8.25. The molecule has 0 aliphatic heterocycles. The number of hydrogen-bond donors (Lipinski definition) is 0. The summed E-state index contributed by atoms with van der Waals surface area (Å²) in [6.07, 6.45) is 4.29. The Balaban J connectivity index is 1.86. The molecule has 5 heteroatoms. The van der Waals surface area contributed by atoms with Crippen molar-refractivity contribution >= 4 is 17.7 Å². The Bertz CT molecular complexity index is 864. The predicted octanol–water partition coefficient (Wildman–Crippen LogP) is 5.19. The minimum Gasteiger partial charge on any atom is -0.460 e. The van der Waals surface area contributed by atoms with Crippen LogP contribution in [-0.4, -0.2) is 17.7 Å². The second-order valence-electron chi connectivity index (χ2n) is 8.25. The zero-order valence-corrected chi connectivity index (χ0v) is 18.3. The molecule has 2 aromatic carbocycles. The molecule has 0 bridgehead atoms. The first-order valence-electron chi connectivity index (χ1n) is 11.1. The quantitative estimate of drug-likeness (QED) is 0.211. The van der Waals surface area contributed by atoms with Gasteiger partial charge in [0.05, 0.1) is 0 Å². The number of Topliss-reactive ketones (excluding diaryl/α,β-unsaturated/α-hetero) is 1. The Morgan fingerprint density at radius 2 is 1.47 bits per heavy atom. The fourth-order valence-electron chi connectivity index (χ4n) is 4.29. The Morgan fingerprint density at radius 3 is 1.91 bits per heavy atom. The molecule has 168 valence electrons. The van der Waals surface area contributed by atoms with Crippen molar-refractivity contribution in [3.8, 4) is 0 Å². The van der Waals surface area contributed by atoms with Crippen molar-refractivity contribution in [1.82, 2.24) is 0 Å². The fourth-order valence-corrected chi connectivity index (χ4v) is 4.29. The van der Waals surface area contributed by atoms with Gasteiger partial charge < -0.3 is 9.47 Å². The molecule has 0 radical (unpaired) electrons. The maximum Gasteiger partial charge on any atom is 0.324 e. The molecule has 0 unspecified atom stereocenters. The SMILES string of the molecule is C=CCCCC(C(=O)OCc1ccccc1)(C(=O)OCc1ccccc1)[C@H]1CCC(=O)C1. The first-order chi connectivity index (χ1) is 15.6. The van der Waals surface area contributed by atoms with E-state index in [4.69, 9.17) is 9.47 Å². The molecule has 1 aliphatic carbocycles. The van der Waals surface area contributed by atoms with E-state index in [0.717, 1.165) is 11.1 Å². The molecule has 1 fully saturated rings. The van der Waals surface area contributed by atoms with Gasteiger partial charge in [-0.1, -0.05) is 66.7 Å². The van der Waals surface area contributed by atoms with Gasteiger partial charge in [-0.3, -0.25) is 14.4 Å². The van der Waals surface area contributed by atoms with Crippen molar-refractivity contribution in [2.24, 2.45) is 11.3 Å². The van der Waals surface area contributed by atoms with Crippen LogP contribution >= 0.6 is 0 Å². The molecule has 3 rings (SSSR count). The molecule has 0 N–H and O–H groups in total. The summed E-state index contributed by atoms with van der Waals surface area (Å²) < 4.78 is 11.3. The molecule has 2 aromatic rings. The number of carbonyl (C=O) groups excluding carboxylic acids is 3. The van der Waals surface area contributed by atoms with Gasteiger partial charge in [-0.2, -0.15) is 0 Å². The summed E-state index contributed by atoms with van der Waals surface area (Å²) in [5.41, 5.74) is 0.167. The highest BCUT2D eigenvalue weighted by Crippen LogP contribution is 2.45. The lowest BCUT2D eigenvalue weighted by Crippen LogP contribution is -2.47. The summed E-state index contributed by atoms with van der Waals surface area (Å²) in [7, 11) is 0. The highest BCUT2D eigenvalue weighted by molar-refractivity contribution is 6.01. The Kier molecular flexibility index (Phi) is 8.37. The van der Waals surface area contributed by atoms with Gasteiger partial charge in [0.15, 0.2) is 5.41 Å². The minimum absolute atomic E-state index is 0.0646. The summed E-state index contributed by atoms with van der Waals surface area (Å²) >= 11 is 0. The average Bonchev–Trinajstić information content (AvgIpc) is 3.26. The summed E-state index contributed by atoms with van der Waals surface area (Å²) in [5.74, 6) is -1.58. The van der Waals surface area contributed by atoms with Crippen molar-refractivity contribution < 1.29 is 23.9 Å². The molecule has 1 atom stereocenters. The van der Waals surface area contributed by atoms with E-state index >= 15 is 0 Å². The van der Waals surface area contributed by atoms with Crippen LogP contribution in [0.15, 0.2) is 73.3 Å². The molecular formula is C27H30O5. The molecule has 0 aromatic heterocycles. The van der Waals surface area contributed by atoms with Gasteiger partial charge in [0, 0.05) is 12.8 Å². The van der Waals surface area contributed by atoms with Crippen molar-refractivity contribution in [2.45, 2.75) is 51.7 Å². The van der Waals surface area contributed by atoms with Crippen molar-refractivity contribution in [3.05, 3.63) is 84.4 Å². The first-order valence-corrected chi connectivity index (χ1v) is 11.1. The van der Waals surface area contributed by atoms with Crippen LogP contribution in [-0.2, 0) is 37.1 Å². The number of allylic oxidation sites excluding steroid dienone is 1. The zero-order valence-electron chi connectivity index (χ0n) is 18.3. The lowest BCUT2D eigenvalue weighted by Gasteiger charge is -2.34. The van der Waals surface area contributed by atoms with E-state index < -0.39 is 23.3 Å². The maximum absolute atomic E-state index is 13.5. The van der Waals surface area contributed by atoms with Gasteiger partial charge in [-0.15, -0.1) is 6.58 Å². The third-order valence-corrected chi connectivity index (χ3v) is 6.08. The Labute approximate surface area is 189 Å². The number of unbranched alkanes of at least 4 members (excludes halogenated alkanes) is 1. The summed E-state index contributed by atoms with van der Waals surface area (Å²) in [6, 6.07) is 18.7. The lowest BCUT2D eigenvalue weighted by atomic mass is 9.70. The zero-order chi connectivity index (χ0) is 22.8. The van der Waals surface area contributed by atoms with Gasteiger partial charge in [-0.05, 0) is 42.7 Å². The van der Waals surface area contributed by atoms with E-state index in [1.165, 1.54) is 0 Å². The molecule has 0 spiro atoms. The van der Waals surface area contributed by atoms with E-state index in [1.54, 1.807) is 6.08 Å². The molecule has 0 saturated heterocycles. The highest BCUT2D eigenvalue weighted by Gasteiger charge is 2.56. The standard InChI is InChI=1S/C27H30O5/c1-2-3-10-17-27(23-15-16-24(28)18-23,25(29)31-19-21-11-6-4-7-12-21)26(30)32-20-22-13-8-5-9-14-22/h2,4-9,11-14,23H,1,3,10,15-20H2/t23-/m0/s1. The lowest BCUT2D eigenvalue weighted by molar-refractivity contribution is -0.180. The van der Waals surface area contributed by atoms with E-state index in [9.17, 15) is 14.4 Å². The number of ketones is 1. The number of carbonyl (C=O) groups is 3. The number of ether oxygens (including phenoxy) is 2. The fraction of sp³-hybridized carbons (Fsp3) is 0.370. The smallest absolute Gasteiger partial charge is 0.324 e. The van der Waals surface area contributed by atoms with Crippen molar-refractivity contribution in [3.63, 3.8) is 0 Å². The van der Waals surface area contributed by atoms with Crippen LogP contribution in [0.1, 0.15) is 49.7 Å². The average molecular weight is 435 g/mol. The van der Waals surface area contributed by atoms with Gasteiger partial charge >= 0.3 is 11.9 Å². The topological polar surface area (TPSA) is 69.7 Å². The van der Waals surface area contributed by atoms with Gasteiger partial charge in [-0.25, -0.2) is 0 Å². The Morgan fingerprint density at radius 1 is 0.938 bits per heavy atom. The summed E-state index contributed by atoms with van der Waals surface area (Å²) in [4.78, 5) is 39.2. The van der Waals surface area contributed by atoms with Crippen molar-refractivity contribution in [2.75, 3.05) is 0 Å². The van der Waals surface area contributed by atoms with Crippen LogP contribution < -0.4 is 0 Å². The van der Waals surface area contributed by atoms with E-state index in [-0.39, 0.29) is 31.8 Å². The number of rotatable bonds is 11. The molecule has 5 nitrogen and oxygen atoms in total. The van der Waals surface area contributed by atoms with E-state index in [1.807, 2.05) is 60.7 Å². The van der Waals surface area contributed by atoms with Gasteiger partial charge in [0.25, 0.3) is 0 Å². The minimum atomic E-state index is -1.50. The van der Waals surface area contributed by atoms with Crippen LogP contribution in [0, 0.1) is 11.3 Å². The monoisotopic (exact) mass is 434 g/mol. The predicted molar refractivity (Wildman–Crippen MR) is 121 cm³/mol. The molecule has 1 saturated carbocycles. The third kappa shape index (κ3) is 5.72. The van der Waals surface area contributed by atoms with Crippen LogP contribution in [0.3, 0.4) is 0 Å². The summed E-state index contributed by atoms with van der Waals surface area (Å²) in [6.45, 7) is 3.88. The van der Waals surface area contributed by atoms with E-state index in [0.29, 0.717) is 25.7 Å². The molecule has 32 heavy (non-hydrogen) atoms. The van der Waals surface area contributed by atoms with Crippen LogP contribution in [0.2, 0.25) is 0 Å². The second kappa shape index (κ2) is 11.4. The normalized spacial score (nSPS) is 15.9. The van der Waals surface area contributed by atoms with E-state index in [2.05, 4.69) is 6.58 Å². The van der Waals surface area contributed by atoms with Gasteiger partial charge in [0.1, 0.15) is 19.0 Å². The largest absolute Gasteiger partial charge is 0.460 e. The maximum atomic E-state index is 13.5. The van der Waals surface area contributed by atoms with Crippen LogP contribution in [0.4, 0.5) is 0 Å². The third-order valence-electron chi connectivity index (χ3n) is 6.08. The van der Waals surface area contributed by atoms with Gasteiger partial charge in [0.2, 0.25) is 0 Å². The van der Waals surface area contributed by atoms with Crippen LogP contribution in [0.25, 0.3) is 0 Å².